The lowest BCUT2D eigenvalue weighted by Gasteiger charge is -2.01. The molecule has 4 heteroatoms. The minimum absolute atomic E-state index is 0.572. The molecular weight excluding hydrogens is 190 g/mol. The summed E-state index contributed by atoms with van der Waals surface area (Å²) in [4.78, 5) is 10.2. The van der Waals surface area contributed by atoms with Crippen molar-refractivity contribution in [3.05, 3.63) is 42.2 Å². The number of hydrogen-bond donors (Lipinski definition) is 0. The summed E-state index contributed by atoms with van der Waals surface area (Å²) in [6.07, 6.45) is 5.73. The van der Waals surface area contributed by atoms with E-state index in [2.05, 4.69) is 10.3 Å². The van der Waals surface area contributed by atoms with E-state index in [0.717, 1.165) is 24.0 Å². The molecule has 0 radical (unpaired) electrons. The summed E-state index contributed by atoms with van der Waals surface area (Å²) in [5, 5.41) is 7.63. The van der Waals surface area contributed by atoms with E-state index in [9.17, 15) is 4.79 Å². The number of aryl methyl sites for hydroxylation is 1. The number of benzene rings is 1. The van der Waals surface area contributed by atoms with Gasteiger partial charge in [-0.25, -0.2) is 4.68 Å². The van der Waals surface area contributed by atoms with Crippen LogP contribution in [0.1, 0.15) is 12.0 Å². The monoisotopic (exact) mass is 201 g/mol. The Morgan fingerprint density at radius 3 is 2.67 bits per heavy atom. The Kier molecular flexibility index (Phi) is 2.88. The van der Waals surface area contributed by atoms with Gasteiger partial charge in [0.05, 0.1) is 18.1 Å². The van der Waals surface area contributed by atoms with Crippen molar-refractivity contribution >= 4 is 6.29 Å². The fourth-order valence-corrected chi connectivity index (χ4v) is 1.39. The average Bonchev–Trinajstić information content (AvgIpc) is 2.80. The van der Waals surface area contributed by atoms with Crippen molar-refractivity contribution in [2.45, 2.75) is 12.8 Å². The Hall–Kier alpha value is -1.97. The third kappa shape index (κ3) is 2.28. The van der Waals surface area contributed by atoms with E-state index >= 15 is 0 Å². The molecule has 4 nitrogen and oxygen atoms in total. The Morgan fingerprint density at radius 2 is 2.07 bits per heavy atom. The predicted octanol–water partition coefficient (Wildman–Crippen LogP) is 1.40. The van der Waals surface area contributed by atoms with Crippen molar-refractivity contribution in [1.82, 2.24) is 15.0 Å². The smallest absolute Gasteiger partial charge is 0.120 e. The van der Waals surface area contributed by atoms with Gasteiger partial charge in [-0.15, -0.1) is 5.10 Å². The molecular formula is C11H11N3O. The summed E-state index contributed by atoms with van der Waals surface area (Å²) in [6, 6.07) is 7.94. The minimum atomic E-state index is 0.572. The molecule has 0 amide bonds. The van der Waals surface area contributed by atoms with Crippen molar-refractivity contribution in [2.24, 2.45) is 0 Å². The van der Waals surface area contributed by atoms with Crippen LogP contribution in [-0.2, 0) is 11.2 Å². The van der Waals surface area contributed by atoms with Gasteiger partial charge in [-0.3, -0.25) is 0 Å². The number of carbonyl (C=O) groups is 1. The first-order chi connectivity index (χ1) is 7.40. The second-order valence-electron chi connectivity index (χ2n) is 3.22. The molecule has 1 aromatic heterocycles. The molecule has 0 saturated carbocycles. The van der Waals surface area contributed by atoms with E-state index in [1.54, 1.807) is 17.1 Å². The van der Waals surface area contributed by atoms with Crippen LogP contribution < -0.4 is 0 Å². The Balaban J connectivity index is 2.14. The highest BCUT2D eigenvalue weighted by Gasteiger charge is 1.97. The van der Waals surface area contributed by atoms with E-state index in [1.165, 1.54) is 0 Å². The first kappa shape index (κ1) is 9.58. The summed E-state index contributed by atoms with van der Waals surface area (Å²) in [6.45, 7) is 0. The number of rotatable bonds is 4. The van der Waals surface area contributed by atoms with Gasteiger partial charge in [0.1, 0.15) is 6.29 Å². The Bertz CT molecular complexity index is 420. The largest absolute Gasteiger partial charge is 0.303 e. The van der Waals surface area contributed by atoms with Crippen molar-refractivity contribution in [3.63, 3.8) is 0 Å². The quantitative estimate of drug-likeness (QED) is 0.702. The van der Waals surface area contributed by atoms with Gasteiger partial charge in [0, 0.05) is 6.42 Å². The zero-order valence-electron chi connectivity index (χ0n) is 8.21. The van der Waals surface area contributed by atoms with Crippen LogP contribution in [-0.4, -0.2) is 21.3 Å². The van der Waals surface area contributed by atoms with Gasteiger partial charge < -0.3 is 4.79 Å². The Morgan fingerprint density at radius 1 is 1.27 bits per heavy atom. The second-order valence-corrected chi connectivity index (χ2v) is 3.22. The van der Waals surface area contributed by atoms with Crippen molar-refractivity contribution in [2.75, 3.05) is 0 Å². The van der Waals surface area contributed by atoms with Crippen molar-refractivity contribution in [3.8, 4) is 5.69 Å². The topological polar surface area (TPSA) is 47.8 Å². The molecule has 2 rings (SSSR count). The molecule has 2 aromatic rings. The van der Waals surface area contributed by atoms with Crippen LogP contribution in [0.5, 0.6) is 0 Å². The molecule has 0 aliphatic carbocycles. The van der Waals surface area contributed by atoms with Gasteiger partial charge in [0.25, 0.3) is 0 Å². The third-order valence-corrected chi connectivity index (χ3v) is 2.17. The number of nitrogens with zero attached hydrogens (tertiary/aromatic N) is 3. The number of aromatic nitrogens is 3. The fraction of sp³-hybridized carbons (Fsp3) is 0.182. The van der Waals surface area contributed by atoms with Crippen LogP contribution in [0.2, 0.25) is 0 Å². The highest BCUT2D eigenvalue weighted by molar-refractivity contribution is 5.50. The molecule has 0 spiro atoms. The molecule has 0 atom stereocenters. The van der Waals surface area contributed by atoms with Gasteiger partial charge in [-0.2, -0.15) is 0 Å². The van der Waals surface area contributed by atoms with E-state index in [-0.39, 0.29) is 0 Å². The third-order valence-electron chi connectivity index (χ3n) is 2.17. The molecule has 0 unspecified atom stereocenters. The van der Waals surface area contributed by atoms with Gasteiger partial charge >= 0.3 is 0 Å². The SMILES string of the molecule is O=CCCc1ccc(-n2ccnn2)cc1. The van der Waals surface area contributed by atoms with Crippen LogP contribution in [0.3, 0.4) is 0 Å². The molecule has 0 saturated heterocycles. The number of carbonyl (C=O) groups excluding carboxylic acids is 1. The Labute approximate surface area is 87.5 Å². The zero-order chi connectivity index (χ0) is 10.5. The highest BCUT2D eigenvalue weighted by atomic mass is 16.1. The molecule has 0 bridgehead atoms. The maximum atomic E-state index is 10.2. The molecule has 0 aliphatic heterocycles. The van der Waals surface area contributed by atoms with E-state index in [0.29, 0.717) is 6.42 Å². The molecule has 1 aromatic carbocycles. The zero-order valence-corrected chi connectivity index (χ0v) is 8.21. The van der Waals surface area contributed by atoms with Crippen LogP contribution in [0, 0.1) is 0 Å². The first-order valence-corrected chi connectivity index (χ1v) is 4.79. The van der Waals surface area contributed by atoms with Gasteiger partial charge in [-0.05, 0) is 24.1 Å². The average molecular weight is 201 g/mol. The van der Waals surface area contributed by atoms with Gasteiger partial charge in [-0.1, -0.05) is 17.3 Å². The summed E-state index contributed by atoms with van der Waals surface area (Å²) in [5.74, 6) is 0. The van der Waals surface area contributed by atoms with Crippen LogP contribution in [0.15, 0.2) is 36.7 Å². The molecule has 0 N–H and O–H groups in total. The maximum absolute atomic E-state index is 10.2. The normalized spacial score (nSPS) is 10.1. The second kappa shape index (κ2) is 4.50. The van der Waals surface area contributed by atoms with Gasteiger partial charge in [0.2, 0.25) is 0 Å². The lowest BCUT2D eigenvalue weighted by Crippen LogP contribution is -1.95. The fourth-order valence-electron chi connectivity index (χ4n) is 1.39. The van der Waals surface area contributed by atoms with E-state index < -0.39 is 0 Å². The van der Waals surface area contributed by atoms with Crippen molar-refractivity contribution in [1.29, 1.82) is 0 Å². The van der Waals surface area contributed by atoms with Crippen LogP contribution in [0.25, 0.3) is 5.69 Å². The first-order valence-electron chi connectivity index (χ1n) is 4.79. The van der Waals surface area contributed by atoms with Crippen molar-refractivity contribution < 1.29 is 4.79 Å². The van der Waals surface area contributed by atoms with Crippen LogP contribution >= 0.6 is 0 Å². The van der Waals surface area contributed by atoms with Crippen LogP contribution in [0.4, 0.5) is 0 Å². The summed E-state index contributed by atoms with van der Waals surface area (Å²) in [5.41, 5.74) is 2.13. The molecule has 0 aliphatic rings. The molecule has 15 heavy (non-hydrogen) atoms. The minimum Gasteiger partial charge on any atom is -0.303 e. The molecule has 76 valence electrons. The molecule has 0 fully saturated rings. The summed E-state index contributed by atoms with van der Waals surface area (Å²) < 4.78 is 1.70. The standard InChI is InChI=1S/C11H11N3O/c15-9-1-2-10-3-5-11(6-4-10)14-8-7-12-13-14/h3-9H,1-2H2. The predicted molar refractivity (Wildman–Crippen MR) is 55.7 cm³/mol. The highest BCUT2D eigenvalue weighted by Crippen LogP contribution is 2.09. The number of hydrogen-bond acceptors (Lipinski definition) is 3. The maximum Gasteiger partial charge on any atom is 0.120 e. The lowest BCUT2D eigenvalue weighted by atomic mass is 10.1. The molecule has 1 heterocycles. The number of aldehydes is 1. The summed E-state index contributed by atoms with van der Waals surface area (Å²) in [7, 11) is 0. The summed E-state index contributed by atoms with van der Waals surface area (Å²) >= 11 is 0. The van der Waals surface area contributed by atoms with E-state index in [4.69, 9.17) is 0 Å². The van der Waals surface area contributed by atoms with Gasteiger partial charge in [0.15, 0.2) is 0 Å². The van der Waals surface area contributed by atoms with E-state index in [1.807, 2.05) is 24.3 Å². The lowest BCUT2D eigenvalue weighted by molar-refractivity contribution is -0.107.